The fraction of sp³-hybridized carbons (Fsp3) is 0.176. The highest BCUT2D eigenvalue weighted by Gasteiger charge is 2.18. The van der Waals surface area contributed by atoms with Crippen molar-refractivity contribution in [2.75, 3.05) is 30.5 Å². The number of nitrogens with two attached hydrogens (primary N) is 2. The van der Waals surface area contributed by atoms with Crippen LogP contribution in [0.5, 0.6) is 5.75 Å². The van der Waals surface area contributed by atoms with Crippen molar-refractivity contribution in [3.63, 3.8) is 0 Å². The van der Waals surface area contributed by atoms with Crippen LogP contribution in [0.2, 0.25) is 0 Å². The van der Waals surface area contributed by atoms with E-state index in [4.69, 9.17) is 16.2 Å². The first-order valence-electron chi connectivity index (χ1n) is 6.89. The monoisotopic (exact) mass is 281 g/mol. The summed E-state index contributed by atoms with van der Waals surface area (Å²) in [7, 11) is 4.04. The molecule has 1 heterocycles. The summed E-state index contributed by atoms with van der Waals surface area (Å²) in [5, 5.41) is 0. The standard InChI is InChI=1S/C17H19N3O/c1-20(2)13-7-3-11(4-8-13)15-10-6-12-5-9-14(18)16(19)17(12)21-15/h3-5,7-10H,6,18-19H2,1-2H3. The van der Waals surface area contributed by atoms with E-state index in [-0.39, 0.29) is 0 Å². The summed E-state index contributed by atoms with van der Waals surface area (Å²) >= 11 is 0. The Morgan fingerprint density at radius 3 is 2.38 bits per heavy atom. The molecule has 0 bridgehead atoms. The third kappa shape index (κ3) is 2.40. The van der Waals surface area contributed by atoms with Crippen LogP contribution in [0.25, 0.3) is 5.76 Å². The number of ether oxygens (including phenoxy) is 1. The molecule has 0 saturated carbocycles. The minimum Gasteiger partial charge on any atom is -0.455 e. The molecule has 4 heteroatoms. The van der Waals surface area contributed by atoms with Crippen molar-refractivity contribution < 1.29 is 4.74 Å². The molecule has 0 aliphatic carbocycles. The third-order valence-corrected chi connectivity index (χ3v) is 3.70. The Bertz CT molecular complexity index is 703. The number of benzene rings is 2. The first-order chi connectivity index (χ1) is 10.1. The number of nitrogens with zero attached hydrogens (tertiary/aromatic N) is 1. The van der Waals surface area contributed by atoms with E-state index in [2.05, 4.69) is 35.2 Å². The zero-order valence-corrected chi connectivity index (χ0v) is 12.3. The molecule has 0 saturated heterocycles. The minimum absolute atomic E-state index is 0.517. The highest BCUT2D eigenvalue weighted by atomic mass is 16.5. The summed E-state index contributed by atoms with van der Waals surface area (Å²) < 4.78 is 5.97. The van der Waals surface area contributed by atoms with Gasteiger partial charge < -0.3 is 21.1 Å². The van der Waals surface area contributed by atoms with Crippen molar-refractivity contribution in [3.05, 3.63) is 53.6 Å². The van der Waals surface area contributed by atoms with Crippen molar-refractivity contribution in [3.8, 4) is 5.75 Å². The van der Waals surface area contributed by atoms with Crippen LogP contribution < -0.4 is 21.1 Å². The Kier molecular flexibility index (Phi) is 3.22. The summed E-state index contributed by atoms with van der Waals surface area (Å²) in [6.07, 6.45) is 2.87. The molecular formula is C17H19N3O. The highest BCUT2D eigenvalue weighted by molar-refractivity contribution is 5.77. The Morgan fingerprint density at radius 2 is 1.71 bits per heavy atom. The van der Waals surface area contributed by atoms with E-state index >= 15 is 0 Å². The smallest absolute Gasteiger partial charge is 0.155 e. The molecule has 0 amide bonds. The molecule has 2 aromatic carbocycles. The maximum atomic E-state index is 6.02. The first-order valence-corrected chi connectivity index (χ1v) is 6.89. The van der Waals surface area contributed by atoms with Gasteiger partial charge in [-0.3, -0.25) is 0 Å². The molecular weight excluding hydrogens is 262 g/mol. The summed E-state index contributed by atoms with van der Waals surface area (Å²) in [5.41, 5.74) is 16.2. The van der Waals surface area contributed by atoms with E-state index in [0.29, 0.717) is 17.1 Å². The second-order valence-corrected chi connectivity index (χ2v) is 5.37. The second kappa shape index (κ2) is 5.05. The van der Waals surface area contributed by atoms with Crippen LogP contribution in [0.3, 0.4) is 0 Å². The van der Waals surface area contributed by atoms with Gasteiger partial charge in [0.05, 0.1) is 11.4 Å². The molecule has 4 nitrogen and oxygen atoms in total. The summed E-state index contributed by atoms with van der Waals surface area (Å²) in [6.45, 7) is 0. The van der Waals surface area contributed by atoms with Crippen LogP contribution in [0.1, 0.15) is 11.1 Å². The second-order valence-electron chi connectivity index (χ2n) is 5.37. The van der Waals surface area contributed by atoms with Crippen LogP contribution in [-0.2, 0) is 6.42 Å². The lowest BCUT2D eigenvalue weighted by Gasteiger charge is -2.21. The van der Waals surface area contributed by atoms with Gasteiger partial charge in [0, 0.05) is 30.9 Å². The Labute approximate surface area is 124 Å². The lowest BCUT2D eigenvalue weighted by molar-refractivity contribution is 0.501. The SMILES string of the molecule is CN(C)c1ccc(C2=CCc3ccc(N)c(N)c3O2)cc1. The zero-order chi connectivity index (χ0) is 15.0. The predicted octanol–water partition coefficient (Wildman–Crippen LogP) is 2.89. The molecule has 4 N–H and O–H groups in total. The van der Waals surface area contributed by atoms with Gasteiger partial charge in [-0.2, -0.15) is 0 Å². The Balaban J connectivity index is 1.91. The van der Waals surface area contributed by atoms with Gasteiger partial charge in [-0.1, -0.05) is 6.07 Å². The average molecular weight is 281 g/mol. The lowest BCUT2D eigenvalue weighted by Crippen LogP contribution is -2.10. The van der Waals surface area contributed by atoms with E-state index in [1.54, 1.807) is 0 Å². The van der Waals surface area contributed by atoms with Gasteiger partial charge in [-0.05, 0) is 42.8 Å². The number of anilines is 3. The molecule has 0 spiro atoms. The number of allylic oxidation sites excluding steroid dienone is 1. The molecule has 0 fully saturated rings. The zero-order valence-electron chi connectivity index (χ0n) is 12.3. The molecule has 3 rings (SSSR count). The number of hydrogen-bond acceptors (Lipinski definition) is 4. The van der Waals surface area contributed by atoms with Crippen molar-refractivity contribution in [2.24, 2.45) is 0 Å². The van der Waals surface area contributed by atoms with Crippen LogP contribution >= 0.6 is 0 Å². The van der Waals surface area contributed by atoms with E-state index in [1.165, 1.54) is 0 Å². The normalized spacial score (nSPS) is 13.1. The maximum Gasteiger partial charge on any atom is 0.155 e. The van der Waals surface area contributed by atoms with Crippen LogP contribution in [-0.4, -0.2) is 14.1 Å². The van der Waals surface area contributed by atoms with Gasteiger partial charge in [0.2, 0.25) is 0 Å². The highest BCUT2D eigenvalue weighted by Crippen LogP contribution is 2.38. The number of rotatable bonds is 2. The van der Waals surface area contributed by atoms with Gasteiger partial charge in [-0.15, -0.1) is 0 Å². The van der Waals surface area contributed by atoms with Crippen molar-refractivity contribution in [1.29, 1.82) is 0 Å². The molecule has 0 aromatic heterocycles. The van der Waals surface area contributed by atoms with Gasteiger partial charge >= 0.3 is 0 Å². The number of nitrogen functional groups attached to an aromatic ring is 2. The van der Waals surface area contributed by atoms with E-state index < -0.39 is 0 Å². The molecule has 21 heavy (non-hydrogen) atoms. The largest absolute Gasteiger partial charge is 0.455 e. The van der Waals surface area contributed by atoms with Crippen LogP contribution in [0, 0.1) is 0 Å². The summed E-state index contributed by atoms with van der Waals surface area (Å²) in [6, 6.07) is 12.0. The summed E-state index contributed by atoms with van der Waals surface area (Å²) in [4.78, 5) is 2.06. The molecule has 108 valence electrons. The predicted molar refractivity (Wildman–Crippen MR) is 88.3 cm³/mol. The molecule has 2 aromatic rings. The maximum absolute atomic E-state index is 6.02. The molecule has 1 aliphatic heterocycles. The summed E-state index contributed by atoms with van der Waals surface area (Å²) in [5.74, 6) is 1.51. The Morgan fingerprint density at radius 1 is 1.00 bits per heavy atom. The van der Waals surface area contributed by atoms with Crippen LogP contribution in [0.4, 0.5) is 17.1 Å². The molecule has 0 unspecified atom stereocenters. The fourth-order valence-electron chi connectivity index (χ4n) is 2.40. The van der Waals surface area contributed by atoms with Crippen molar-refractivity contribution >= 4 is 22.8 Å². The molecule has 0 radical (unpaired) electrons. The number of fused-ring (bicyclic) bond motifs is 1. The van der Waals surface area contributed by atoms with Crippen molar-refractivity contribution in [2.45, 2.75) is 6.42 Å². The fourth-order valence-corrected chi connectivity index (χ4v) is 2.40. The topological polar surface area (TPSA) is 64.5 Å². The van der Waals surface area contributed by atoms with Gasteiger partial charge in [0.1, 0.15) is 5.76 Å². The van der Waals surface area contributed by atoms with E-state index in [0.717, 1.165) is 29.0 Å². The van der Waals surface area contributed by atoms with E-state index in [1.807, 2.05) is 26.2 Å². The number of hydrogen-bond donors (Lipinski definition) is 2. The van der Waals surface area contributed by atoms with Crippen LogP contribution in [0.15, 0.2) is 42.5 Å². The quantitative estimate of drug-likeness (QED) is 0.831. The Hall–Kier alpha value is -2.62. The minimum atomic E-state index is 0.517. The third-order valence-electron chi connectivity index (χ3n) is 3.70. The van der Waals surface area contributed by atoms with Gasteiger partial charge in [0.15, 0.2) is 5.75 Å². The van der Waals surface area contributed by atoms with Crippen molar-refractivity contribution in [1.82, 2.24) is 0 Å². The van der Waals surface area contributed by atoms with Gasteiger partial charge in [0.25, 0.3) is 0 Å². The average Bonchev–Trinajstić information content (AvgIpc) is 2.51. The molecule has 0 atom stereocenters. The van der Waals surface area contributed by atoms with E-state index in [9.17, 15) is 0 Å². The lowest BCUT2D eigenvalue weighted by atomic mass is 10.0. The first kappa shape index (κ1) is 13.4. The molecule has 1 aliphatic rings. The van der Waals surface area contributed by atoms with Gasteiger partial charge in [-0.25, -0.2) is 0 Å².